The number of morpholine rings is 1. The first-order valence-corrected chi connectivity index (χ1v) is 8.44. The number of aromatic nitrogens is 2. The highest BCUT2D eigenvalue weighted by molar-refractivity contribution is 5.88. The summed E-state index contributed by atoms with van der Waals surface area (Å²) in [6.07, 6.45) is 2.75. The van der Waals surface area contributed by atoms with Gasteiger partial charge >= 0.3 is 6.03 Å². The molecule has 0 radical (unpaired) electrons. The Morgan fingerprint density at radius 2 is 2.09 bits per heavy atom. The second-order valence-electron chi connectivity index (χ2n) is 6.47. The lowest BCUT2D eigenvalue weighted by atomic mass is 10.1. The van der Waals surface area contributed by atoms with Crippen molar-refractivity contribution in [3.8, 4) is 0 Å². The summed E-state index contributed by atoms with van der Waals surface area (Å²) in [6, 6.07) is 1.91. The molecule has 2 amide bonds. The van der Waals surface area contributed by atoms with Crippen LogP contribution in [-0.4, -0.2) is 60.1 Å². The van der Waals surface area contributed by atoms with Crippen LogP contribution in [0.15, 0.2) is 12.3 Å². The molecule has 1 aromatic heterocycles. The van der Waals surface area contributed by atoms with Crippen molar-refractivity contribution in [2.45, 2.75) is 33.2 Å². The van der Waals surface area contributed by atoms with Crippen LogP contribution in [0.2, 0.25) is 0 Å². The maximum absolute atomic E-state index is 12.0. The van der Waals surface area contributed by atoms with Crippen LogP contribution in [0, 0.1) is 5.92 Å². The molecule has 1 saturated heterocycles. The monoisotopic (exact) mass is 323 g/mol. The molecule has 1 atom stereocenters. The van der Waals surface area contributed by atoms with Gasteiger partial charge in [0.2, 0.25) is 0 Å². The van der Waals surface area contributed by atoms with Crippen LogP contribution in [0.1, 0.15) is 33.2 Å². The Kier molecular flexibility index (Phi) is 6.85. The van der Waals surface area contributed by atoms with Gasteiger partial charge in [-0.1, -0.05) is 13.8 Å². The molecule has 1 fully saturated rings. The number of anilines is 1. The van der Waals surface area contributed by atoms with Crippen molar-refractivity contribution >= 4 is 11.8 Å². The van der Waals surface area contributed by atoms with E-state index >= 15 is 0 Å². The van der Waals surface area contributed by atoms with Gasteiger partial charge in [-0.2, -0.15) is 5.10 Å². The fourth-order valence-electron chi connectivity index (χ4n) is 2.86. The Labute approximate surface area is 138 Å². The number of carbonyl (C=O) groups is 1. The van der Waals surface area contributed by atoms with E-state index in [4.69, 9.17) is 4.74 Å². The van der Waals surface area contributed by atoms with Crippen molar-refractivity contribution in [1.82, 2.24) is 20.0 Å². The number of amides is 2. The molecule has 130 valence electrons. The van der Waals surface area contributed by atoms with Crippen molar-refractivity contribution in [3.63, 3.8) is 0 Å². The van der Waals surface area contributed by atoms with E-state index in [2.05, 4.69) is 41.4 Å². The standard InChI is InChI=1S/C16H29N5O2/c1-13(2)12-14(3)21-15(4-5-18-21)19-16(22)17-6-7-20-8-10-23-11-9-20/h4-5,13-14H,6-12H2,1-3H3,(H2,17,19,22)/t14-/m1/s1. The van der Waals surface area contributed by atoms with Crippen molar-refractivity contribution in [3.05, 3.63) is 12.3 Å². The number of hydrogen-bond donors (Lipinski definition) is 2. The summed E-state index contributed by atoms with van der Waals surface area (Å²) in [5, 5.41) is 10.1. The minimum absolute atomic E-state index is 0.184. The molecular formula is C16H29N5O2. The Morgan fingerprint density at radius 1 is 1.35 bits per heavy atom. The minimum atomic E-state index is -0.184. The highest BCUT2D eigenvalue weighted by Gasteiger charge is 2.14. The first-order valence-electron chi connectivity index (χ1n) is 8.44. The maximum atomic E-state index is 12.0. The zero-order chi connectivity index (χ0) is 16.7. The van der Waals surface area contributed by atoms with Crippen LogP contribution in [0.3, 0.4) is 0 Å². The maximum Gasteiger partial charge on any atom is 0.320 e. The van der Waals surface area contributed by atoms with E-state index in [1.165, 1.54) is 0 Å². The van der Waals surface area contributed by atoms with Gasteiger partial charge in [-0.25, -0.2) is 9.48 Å². The average Bonchev–Trinajstić information content (AvgIpc) is 2.96. The Bertz CT molecular complexity index is 483. The van der Waals surface area contributed by atoms with Gasteiger partial charge < -0.3 is 10.1 Å². The topological polar surface area (TPSA) is 71.4 Å². The molecule has 23 heavy (non-hydrogen) atoms. The van der Waals surface area contributed by atoms with E-state index in [-0.39, 0.29) is 12.1 Å². The van der Waals surface area contributed by atoms with Crippen molar-refractivity contribution in [1.29, 1.82) is 0 Å². The number of hydrogen-bond acceptors (Lipinski definition) is 4. The second-order valence-corrected chi connectivity index (χ2v) is 6.47. The number of urea groups is 1. The predicted molar refractivity (Wildman–Crippen MR) is 90.7 cm³/mol. The molecule has 2 N–H and O–H groups in total. The van der Waals surface area contributed by atoms with Gasteiger partial charge in [0.25, 0.3) is 0 Å². The molecule has 0 bridgehead atoms. The Balaban J connectivity index is 1.75. The van der Waals surface area contributed by atoms with Crippen molar-refractivity contribution < 1.29 is 9.53 Å². The minimum Gasteiger partial charge on any atom is -0.379 e. The predicted octanol–water partition coefficient (Wildman–Crippen LogP) is 1.94. The van der Waals surface area contributed by atoms with Gasteiger partial charge in [0, 0.05) is 32.2 Å². The lowest BCUT2D eigenvalue weighted by Crippen LogP contribution is -2.42. The van der Waals surface area contributed by atoms with Crippen molar-refractivity contribution in [2.75, 3.05) is 44.7 Å². The quantitative estimate of drug-likeness (QED) is 0.804. The zero-order valence-corrected chi connectivity index (χ0v) is 14.4. The van der Waals surface area contributed by atoms with E-state index in [9.17, 15) is 4.79 Å². The van der Waals surface area contributed by atoms with Gasteiger partial charge in [0.05, 0.1) is 25.5 Å². The largest absolute Gasteiger partial charge is 0.379 e. The molecule has 0 aliphatic carbocycles. The molecule has 7 nitrogen and oxygen atoms in total. The molecular weight excluding hydrogens is 294 g/mol. The molecule has 2 rings (SSSR count). The number of carbonyl (C=O) groups excluding carboxylic acids is 1. The molecule has 0 unspecified atom stereocenters. The first-order chi connectivity index (χ1) is 11.1. The van der Waals surface area contributed by atoms with Crippen LogP contribution in [0.4, 0.5) is 10.6 Å². The molecule has 1 aliphatic rings. The number of ether oxygens (including phenoxy) is 1. The van der Waals surface area contributed by atoms with Gasteiger partial charge in [-0.05, 0) is 19.3 Å². The molecule has 1 aliphatic heterocycles. The third kappa shape index (κ3) is 5.84. The fourth-order valence-corrected chi connectivity index (χ4v) is 2.86. The summed E-state index contributed by atoms with van der Waals surface area (Å²) in [4.78, 5) is 14.3. The number of rotatable bonds is 7. The summed E-state index contributed by atoms with van der Waals surface area (Å²) in [5.41, 5.74) is 0. The fraction of sp³-hybridized carbons (Fsp3) is 0.750. The van der Waals surface area contributed by atoms with E-state index in [1.54, 1.807) is 6.20 Å². The molecule has 0 spiro atoms. The van der Waals surface area contributed by atoms with Crippen LogP contribution in [0.5, 0.6) is 0 Å². The van der Waals surface area contributed by atoms with Crippen LogP contribution in [0.25, 0.3) is 0 Å². The van der Waals surface area contributed by atoms with Gasteiger partial charge in [0.1, 0.15) is 5.82 Å². The lowest BCUT2D eigenvalue weighted by molar-refractivity contribution is 0.0388. The molecule has 0 aromatic carbocycles. The van der Waals surface area contributed by atoms with E-state index in [0.717, 1.165) is 45.1 Å². The Morgan fingerprint density at radius 3 is 2.78 bits per heavy atom. The van der Waals surface area contributed by atoms with Crippen LogP contribution < -0.4 is 10.6 Å². The SMILES string of the molecule is CC(C)C[C@@H](C)n1nccc1NC(=O)NCCN1CCOCC1. The second kappa shape index (κ2) is 8.88. The molecule has 2 heterocycles. The molecule has 7 heteroatoms. The third-order valence-electron chi connectivity index (χ3n) is 3.96. The summed E-state index contributed by atoms with van der Waals surface area (Å²) in [6.45, 7) is 11.4. The van der Waals surface area contributed by atoms with Crippen LogP contribution in [-0.2, 0) is 4.74 Å². The van der Waals surface area contributed by atoms with E-state index < -0.39 is 0 Å². The first kappa shape index (κ1) is 17.7. The molecule has 1 aromatic rings. The van der Waals surface area contributed by atoms with Gasteiger partial charge in [0.15, 0.2) is 0 Å². The number of nitrogens with zero attached hydrogens (tertiary/aromatic N) is 3. The van der Waals surface area contributed by atoms with Crippen molar-refractivity contribution in [2.24, 2.45) is 5.92 Å². The van der Waals surface area contributed by atoms with Crippen LogP contribution >= 0.6 is 0 Å². The zero-order valence-electron chi connectivity index (χ0n) is 14.4. The summed E-state index contributed by atoms with van der Waals surface area (Å²) in [5.74, 6) is 1.33. The van der Waals surface area contributed by atoms with E-state index in [1.807, 2.05) is 10.7 Å². The van der Waals surface area contributed by atoms with Gasteiger partial charge in [-0.3, -0.25) is 10.2 Å². The average molecular weight is 323 g/mol. The molecule has 0 saturated carbocycles. The number of nitrogens with one attached hydrogen (secondary N) is 2. The van der Waals surface area contributed by atoms with Gasteiger partial charge in [-0.15, -0.1) is 0 Å². The summed E-state index contributed by atoms with van der Waals surface area (Å²) >= 11 is 0. The van der Waals surface area contributed by atoms with E-state index in [0.29, 0.717) is 12.5 Å². The highest BCUT2D eigenvalue weighted by atomic mass is 16.5. The smallest absolute Gasteiger partial charge is 0.320 e. The summed E-state index contributed by atoms with van der Waals surface area (Å²) < 4.78 is 7.19. The summed E-state index contributed by atoms with van der Waals surface area (Å²) in [7, 11) is 0. The lowest BCUT2D eigenvalue weighted by Gasteiger charge is -2.26. The normalized spacial score (nSPS) is 17.2. The third-order valence-corrected chi connectivity index (χ3v) is 3.96. The Hall–Kier alpha value is -1.60. The highest BCUT2D eigenvalue weighted by Crippen LogP contribution is 2.20.